The summed E-state index contributed by atoms with van der Waals surface area (Å²) >= 11 is 0. The fourth-order valence-electron chi connectivity index (χ4n) is 4.13. The first-order valence-corrected chi connectivity index (χ1v) is 11.0. The van der Waals surface area contributed by atoms with Gasteiger partial charge >= 0.3 is 0 Å². The van der Waals surface area contributed by atoms with Gasteiger partial charge in [-0.1, -0.05) is 12.6 Å². The Kier molecular flexibility index (Phi) is 7.33. The van der Waals surface area contributed by atoms with Crippen molar-refractivity contribution in [2.75, 3.05) is 25.5 Å². The molecule has 1 fully saturated rings. The van der Waals surface area contributed by atoms with E-state index >= 15 is 0 Å². The molecule has 1 aliphatic rings. The second kappa shape index (κ2) is 10.2. The molecule has 2 atom stereocenters. The van der Waals surface area contributed by atoms with Crippen LogP contribution >= 0.6 is 0 Å². The fourth-order valence-corrected chi connectivity index (χ4v) is 4.13. The summed E-state index contributed by atoms with van der Waals surface area (Å²) in [6, 6.07) is 7.32. The van der Waals surface area contributed by atoms with Crippen LogP contribution in [0.25, 0.3) is 28.2 Å². The first kappa shape index (κ1) is 24.4. The van der Waals surface area contributed by atoms with E-state index in [2.05, 4.69) is 34.6 Å². The zero-order valence-electron chi connectivity index (χ0n) is 19.3. The standard InChI is InChI=1S/C24H27FN7O.Mo/c1-15(2)12-31-13-16(8-28-31)17-14-32-21(11-27-24(32)7-22(17)33-3)19-5-4-6-23(29-19)30-20-10-26-9-18(20)25;/h4-8,11,13-14,18,20,26H,9-10,12H2,1-3H3,(H,29,30);/q-1;/t18-,20?;/m0./s1. The maximum absolute atomic E-state index is 14.0. The summed E-state index contributed by atoms with van der Waals surface area (Å²) in [6.45, 7) is 5.87. The van der Waals surface area contributed by atoms with E-state index in [4.69, 9.17) is 9.72 Å². The van der Waals surface area contributed by atoms with Gasteiger partial charge in [0.2, 0.25) is 0 Å². The third-order valence-electron chi connectivity index (χ3n) is 5.74. The summed E-state index contributed by atoms with van der Waals surface area (Å²) in [5, 5.41) is 10.7. The van der Waals surface area contributed by atoms with Crippen molar-refractivity contribution in [3.63, 3.8) is 0 Å². The van der Waals surface area contributed by atoms with Crippen LogP contribution in [0.4, 0.5) is 10.2 Å². The monoisotopic (exact) mass is 546 g/mol. The molecule has 10 heteroatoms. The Labute approximate surface area is 212 Å². The molecule has 1 unspecified atom stereocenters. The number of methoxy groups -OCH3 is 1. The third kappa shape index (κ3) is 4.86. The summed E-state index contributed by atoms with van der Waals surface area (Å²) in [5.74, 6) is 2.64. The Morgan fingerprint density at radius 1 is 1.24 bits per heavy atom. The molecule has 5 heterocycles. The number of imidazole rings is 1. The SMILES string of the molecule is COc1cc2ncc(-c3cccc(NC4CNC[C@@H]4F)n3)n2cc1-c1cnn(C[C-](C)C)c1.[Mo]. The van der Waals surface area contributed by atoms with Gasteiger partial charge in [-0.2, -0.15) is 18.9 Å². The summed E-state index contributed by atoms with van der Waals surface area (Å²) < 4.78 is 23.6. The van der Waals surface area contributed by atoms with Crippen LogP contribution in [-0.4, -0.2) is 56.6 Å². The molecule has 0 radical (unpaired) electrons. The maximum Gasteiger partial charge on any atom is 0.140 e. The number of alkyl halides is 1. The molecule has 2 N–H and O–H groups in total. The molecule has 4 aromatic rings. The molecule has 1 aliphatic heterocycles. The number of hydrogen-bond donors (Lipinski definition) is 2. The van der Waals surface area contributed by atoms with Gasteiger partial charge in [0.1, 0.15) is 23.4 Å². The molecule has 4 aromatic heterocycles. The molecule has 0 aliphatic carbocycles. The summed E-state index contributed by atoms with van der Waals surface area (Å²) in [6.07, 6.45) is 6.71. The zero-order chi connectivity index (χ0) is 22.9. The van der Waals surface area contributed by atoms with Crippen LogP contribution < -0.4 is 15.4 Å². The number of halogens is 1. The van der Waals surface area contributed by atoms with E-state index in [0.717, 1.165) is 40.5 Å². The molecule has 0 bridgehead atoms. The first-order chi connectivity index (χ1) is 16.0. The van der Waals surface area contributed by atoms with E-state index in [1.54, 1.807) is 13.3 Å². The molecule has 178 valence electrons. The summed E-state index contributed by atoms with van der Waals surface area (Å²) in [5.41, 5.74) is 4.21. The van der Waals surface area contributed by atoms with Crippen LogP contribution in [0.15, 0.2) is 49.1 Å². The Hall–Kier alpha value is -2.77. The Morgan fingerprint density at radius 3 is 2.82 bits per heavy atom. The molecule has 1 saturated heterocycles. The quantitative estimate of drug-likeness (QED) is 0.274. The number of nitrogens with one attached hydrogen (secondary N) is 2. The minimum atomic E-state index is -0.934. The van der Waals surface area contributed by atoms with Gasteiger partial charge < -0.3 is 20.1 Å². The van der Waals surface area contributed by atoms with E-state index in [-0.39, 0.29) is 27.1 Å². The van der Waals surface area contributed by atoms with Crippen LogP contribution in [0, 0.1) is 5.92 Å². The van der Waals surface area contributed by atoms with Gasteiger partial charge in [-0.05, 0) is 12.1 Å². The Bertz CT molecular complexity index is 1270. The molecule has 0 spiro atoms. The van der Waals surface area contributed by atoms with Gasteiger partial charge in [-0.3, -0.25) is 10.3 Å². The van der Waals surface area contributed by atoms with E-state index in [1.165, 1.54) is 5.92 Å². The molecule has 5 rings (SSSR count). The molecular weight excluding hydrogens is 517 g/mol. The minimum absolute atomic E-state index is 0. The van der Waals surface area contributed by atoms with Crippen molar-refractivity contribution in [3.05, 3.63) is 55.0 Å². The molecule has 0 aromatic carbocycles. The van der Waals surface area contributed by atoms with Crippen LogP contribution in [-0.2, 0) is 27.6 Å². The first-order valence-electron chi connectivity index (χ1n) is 11.0. The smallest absolute Gasteiger partial charge is 0.140 e. The van der Waals surface area contributed by atoms with E-state index in [1.807, 2.05) is 51.9 Å². The molecule has 34 heavy (non-hydrogen) atoms. The predicted molar refractivity (Wildman–Crippen MR) is 126 cm³/mol. The van der Waals surface area contributed by atoms with Gasteiger partial charge in [-0.25, -0.2) is 14.4 Å². The van der Waals surface area contributed by atoms with Gasteiger partial charge in [-0.15, -0.1) is 0 Å². The number of hydrogen-bond acceptors (Lipinski definition) is 6. The van der Waals surface area contributed by atoms with Crippen molar-refractivity contribution in [1.29, 1.82) is 0 Å². The molecule has 8 nitrogen and oxygen atoms in total. The zero-order valence-corrected chi connectivity index (χ0v) is 21.3. The number of ether oxygens (including phenoxy) is 1. The topological polar surface area (TPSA) is 81.3 Å². The predicted octanol–water partition coefficient (Wildman–Crippen LogP) is 3.60. The second-order valence-electron chi connectivity index (χ2n) is 8.59. The van der Waals surface area contributed by atoms with Crippen molar-refractivity contribution in [1.82, 2.24) is 29.5 Å². The number of anilines is 1. The average Bonchev–Trinajstić information content (AvgIpc) is 3.53. The molecular formula is C24H27FMoN7O-. The largest absolute Gasteiger partial charge is 0.496 e. The van der Waals surface area contributed by atoms with Gasteiger partial charge in [0.15, 0.2) is 0 Å². The van der Waals surface area contributed by atoms with Crippen molar-refractivity contribution >= 4 is 11.5 Å². The van der Waals surface area contributed by atoms with Gasteiger partial charge in [0, 0.05) is 63.7 Å². The van der Waals surface area contributed by atoms with Crippen LogP contribution in [0.1, 0.15) is 13.8 Å². The molecule has 0 amide bonds. The number of pyridine rings is 2. The van der Waals surface area contributed by atoms with Crippen molar-refractivity contribution in [2.24, 2.45) is 0 Å². The second-order valence-corrected chi connectivity index (χ2v) is 8.59. The number of aromatic nitrogens is 5. The Balaban J connectivity index is 0.00000274. The number of fused-ring (bicyclic) bond motifs is 1. The fraction of sp³-hybridized carbons (Fsp3) is 0.333. The van der Waals surface area contributed by atoms with Crippen LogP contribution in [0.2, 0.25) is 0 Å². The van der Waals surface area contributed by atoms with E-state index in [0.29, 0.717) is 18.9 Å². The third-order valence-corrected chi connectivity index (χ3v) is 5.74. The van der Waals surface area contributed by atoms with E-state index in [9.17, 15) is 4.39 Å². The van der Waals surface area contributed by atoms with Crippen molar-refractivity contribution in [2.45, 2.75) is 32.6 Å². The average molecular weight is 544 g/mol. The number of nitrogens with zero attached hydrogens (tertiary/aromatic N) is 5. The van der Waals surface area contributed by atoms with Crippen molar-refractivity contribution < 1.29 is 30.2 Å². The van der Waals surface area contributed by atoms with Gasteiger partial charge in [0.05, 0.1) is 36.9 Å². The maximum atomic E-state index is 14.0. The summed E-state index contributed by atoms with van der Waals surface area (Å²) in [4.78, 5) is 9.28. The Morgan fingerprint density at radius 2 is 2.09 bits per heavy atom. The molecule has 0 saturated carbocycles. The summed E-state index contributed by atoms with van der Waals surface area (Å²) in [7, 11) is 1.65. The van der Waals surface area contributed by atoms with Gasteiger partial charge in [0.25, 0.3) is 0 Å². The van der Waals surface area contributed by atoms with Crippen LogP contribution in [0.3, 0.4) is 0 Å². The van der Waals surface area contributed by atoms with Crippen molar-refractivity contribution in [3.8, 4) is 28.3 Å². The minimum Gasteiger partial charge on any atom is -0.496 e. The van der Waals surface area contributed by atoms with Crippen LogP contribution in [0.5, 0.6) is 5.75 Å². The number of rotatable bonds is 7. The normalized spacial score (nSPS) is 17.8. The van der Waals surface area contributed by atoms with E-state index < -0.39 is 6.17 Å².